The van der Waals surface area contributed by atoms with Crippen molar-refractivity contribution in [2.75, 3.05) is 17.3 Å². The lowest BCUT2D eigenvalue weighted by molar-refractivity contribution is -0.132. The second-order valence-corrected chi connectivity index (χ2v) is 8.74. The molecule has 0 aliphatic carbocycles. The summed E-state index contributed by atoms with van der Waals surface area (Å²) >= 11 is 0. The van der Waals surface area contributed by atoms with Crippen molar-refractivity contribution in [1.29, 1.82) is 0 Å². The quantitative estimate of drug-likeness (QED) is 0.220. The van der Waals surface area contributed by atoms with E-state index in [1.165, 1.54) is 11.8 Å². The van der Waals surface area contributed by atoms with Crippen LogP contribution in [0.5, 0.6) is 5.75 Å². The Morgan fingerprint density at radius 3 is 2.32 bits per heavy atom. The number of aliphatic hydroxyl groups is 1. The van der Waals surface area contributed by atoms with E-state index in [1.807, 2.05) is 30.3 Å². The molecule has 7 nitrogen and oxygen atoms in total. The number of fused-ring (bicyclic) bond motifs is 1. The molecule has 1 fully saturated rings. The van der Waals surface area contributed by atoms with Crippen LogP contribution < -0.4 is 15.0 Å². The van der Waals surface area contributed by atoms with Gasteiger partial charge in [-0.05, 0) is 52.7 Å². The molecule has 0 spiro atoms. The Kier molecular flexibility index (Phi) is 6.19. The number of ketones is 1. The number of hydrogen-bond acceptors (Lipinski definition) is 5. The van der Waals surface area contributed by atoms with Crippen LogP contribution in [0, 0.1) is 0 Å². The highest BCUT2D eigenvalue weighted by atomic mass is 16.5. The van der Waals surface area contributed by atoms with E-state index >= 15 is 0 Å². The first-order valence-corrected chi connectivity index (χ1v) is 11.7. The Hall–Kier alpha value is -4.91. The summed E-state index contributed by atoms with van der Waals surface area (Å²) in [5, 5.41) is 16.0. The lowest BCUT2D eigenvalue weighted by atomic mass is 9.94. The maximum atomic E-state index is 13.4. The molecular formula is C30H24N2O5. The number of carbonyl (C=O) groups is 3. The summed E-state index contributed by atoms with van der Waals surface area (Å²) in [4.78, 5) is 39.8. The number of hydrogen-bond donors (Lipinski definition) is 2. The van der Waals surface area contributed by atoms with E-state index in [-0.39, 0.29) is 17.2 Å². The second-order valence-electron chi connectivity index (χ2n) is 8.74. The van der Waals surface area contributed by atoms with Gasteiger partial charge in [-0.15, -0.1) is 0 Å². The molecule has 1 heterocycles. The minimum absolute atomic E-state index is 0.0182. The fourth-order valence-electron chi connectivity index (χ4n) is 4.63. The van der Waals surface area contributed by atoms with Crippen molar-refractivity contribution in [3.63, 3.8) is 0 Å². The molecule has 5 rings (SSSR count). The van der Waals surface area contributed by atoms with E-state index in [9.17, 15) is 19.5 Å². The molecule has 4 aromatic rings. The first-order valence-electron chi connectivity index (χ1n) is 11.7. The summed E-state index contributed by atoms with van der Waals surface area (Å²) in [5.74, 6) is -1.48. The average Bonchev–Trinajstić information content (AvgIpc) is 3.18. The van der Waals surface area contributed by atoms with Gasteiger partial charge in [-0.2, -0.15) is 0 Å². The molecule has 184 valence electrons. The van der Waals surface area contributed by atoms with Crippen LogP contribution >= 0.6 is 0 Å². The van der Waals surface area contributed by atoms with Crippen molar-refractivity contribution < 1.29 is 24.2 Å². The maximum Gasteiger partial charge on any atom is 0.300 e. The molecule has 1 atom stereocenters. The molecule has 1 aliphatic rings. The molecule has 0 bridgehead atoms. The zero-order chi connectivity index (χ0) is 26.1. The second kappa shape index (κ2) is 9.62. The van der Waals surface area contributed by atoms with E-state index in [2.05, 4.69) is 5.32 Å². The topological polar surface area (TPSA) is 95.9 Å². The number of Topliss-reactive ketones (excluding diaryl/α,β-unsaturated/α-hetero) is 1. The zero-order valence-corrected chi connectivity index (χ0v) is 20.3. The number of methoxy groups -OCH3 is 1. The van der Waals surface area contributed by atoms with Gasteiger partial charge in [0.25, 0.3) is 11.7 Å². The lowest BCUT2D eigenvalue weighted by Crippen LogP contribution is -2.29. The van der Waals surface area contributed by atoms with Gasteiger partial charge in [0.05, 0.1) is 18.7 Å². The number of benzene rings is 4. The third-order valence-corrected chi connectivity index (χ3v) is 6.34. The van der Waals surface area contributed by atoms with Gasteiger partial charge in [0, 0.05) is 23.9 Å². The number of rotatable bonds is 5. The number of nitrogens with one attached hydrogen (secondary N) is 1. The van der Waals surface area contributed by atoms with Crippen LogP contribution in [0.2, 0.25) is 0 Å². The molecule has 0 saturated carbocycles. The number of nitrogens with zero attached hydrogens (tertiary/aromatic N) is 1. The fourth-order valence-corrected chi connectivity index (χ4v) is 4.63. The Morgan fingerprint density at radius 1 is 0.892 bits per heavy atom. The molecule has 0 aromatic heterocycles. The monoisotopic (exact) mass is 492 g/mol. The molecule has 2 N–H and O–H groups in total. The summed E-state index contributed by atoms with van der Waals surface area (Å²) in [6, 6.07) is 25.8. The number of carbonyl (C=O) groups excluding carboxylic acids is 3. The van der Waals surface area contributed by atoms with Gasteiger partial charge in [-0.25, -0.2) is 0 Å². The first-order chi connectivity index (χ1) is 17.9. The molecule has 2 amide bonds. The van der Waals surface area contributed by atoms with Crippen LogP contribution in [0.4, 0.5) is 11.4 Å². The van der Waals surface area contributed by atoms with Crippen molar-refractivity contribution in [3.05, 3.63) is 108 Å². The van der Waals surface area contributed by atoms with Gasteiger partial charge >= 0.3 is 0 Å². The van der Waals surface area contributed by atoms with E-state index in [0.29, 0.717) is 28.3 Å². The Balaban J connectivity index is 1.70. The van der Waals surface area contributed by atoms with Gasteiger partial charge in [-0.3, -0.25) is 19.3 Å². The fraction of sp³-hybridized carbons (Fsp3) is 0.100. The summed E-state index contributed by atoms with van der Waals surface area (Å²) in [6.07, 6.45) is 0. The van der Waals surface area contributed by atoms with Crippen LogP contribution in [-0.4, -0.2) is 29.8 Å². The van der Waals surface area contributed by atoms with E-state index < -0.39 is 17.7 Å². The highest BCUT2D eigenvalue weighted by molar-refractivity contribution is 6.51. The minimum Gasteiger partial charge on any atom is -0.507 e. The summed E-state index contributed by atoms with van der Waals surface area (Å²) < 4.78 is 5.27. The molecule has 37 heavy (non-hydrogen) atoms. The van der Waals surface area contributed by atoms with Crippen molar-refractivity contribution in [2.24, 2.45) is 0 Å². The first kappa shape index (κ1) is 23.8. The van der Waals surface area contributed by atoms with Gasteiger partial charge in [0.2, 0.25) is 5.91 Å². The smallest absolute Gasteiger partial charge is 0.300 e. The Labute approximate surface area is 213 Å². The lowest BCUT2D eigenvalue weighted by Gasteiger charge is -2.26. The van der Waals surface area contributed by atoms with Crippen LogP contribution in [-0.2, 0) is 14.4 Å². The number of anilines is 2. The van der Waals surface area contributed by atoms with Crippen molar-refractivity contribution in [2.45, 2.75) is 13.0 Å². The molecule has 1 aliphatic heterocycles. The number of ether oxygens (including phenoxy) is 1. The van der Waals surface area contributed by atoms with E-state index in [1.54, 1.807) is 67.8 Å². The van der Waals surface area contributed by atoms with Crippen molar-refractivity contribution in [3.8, 4) is 5.75 Å². The van der Waals surface area contributed by atoms with Gasteiger partial charge in [0.15, 0.2) is 0 Å². The van der Waals surface area contributed by atoms with Crippen molar-refractivity contribution >= 4 is 45.5 Å². The largest absolute Gasteiger partial charge is 0.507 e. The highest BCUT2D eigenvalue weighted by Crippen LogP contribution is 2.43. The summed E-state index contributed by atoms with van der Waals surface area (Å²) in [5.41, 5.74) is 1.92. The number of amides is 2. The molecule has 0 radical (unpaired) electrons. The molecular weight excluding hydrogens is 468 g/mol. The average molecular weight is 493 g/mol. The van der Waals surface area contributed by atoms with Crippen LogP contribution in [0.3, 0.4) is 0 Å². The molecule has 7 heteroatoms. The van der Waals surface area contributed by atoms with E-state index in [4.69, 9.17) is 4.74 Å². The van der Waals surface area contributed by atoms with E-state index in [0.717, 1.165) is 10.8 Å². The van der Waals surface area contributed by atoms with Crippen LogP contribution in [0.1, 0.15) is 24.1 Å². The minimum atomic E-state index is -0.898. The van der Waals surface area contributed by atoms with Crippen LogP contribution in [0.25, 0.3) is 16.5 Å². The third kappa shape index (κ3) is 4.43. The van der Waals surface area contributed by atoms with Crippen LogP contribution in [0.15, 0.2) is 96.6 Å². The molecule has 4 aromatic carbocycles. The summed E-state index contributed by atoms with van der Waals surface area (Å²) in [7, 11) is 1.55. The predicted molar refractivity (Wildman–Crippen MR) is 142 cm³/mol. The maximum absolute atomic E-state index is 13.4. The highest BCUT2D eigenvalue weighted by Gasteiger charge is 2.47. The Morgan fingerprint density at radius 2 is 1.62 bits per heavy atom. The van der Waals surface area contributed by atoms with Gasteiger partial charge in [-0.1, -0.05) is 54.6 Å². The Bertz CT molecular complexity index is 1570. The SMILES string of the molecule is COc1ccc(C2/C(=C(/O)c3ccc4ccccc4c3)C(=O)C(=O)N2c2cccc(NC(C)=O)c2)cc1. The van der Waals surface area contributed by atoms with Gasteiger partial charge < -0.3 is 15.2 Å². The molecule has 1 unspecified atom stereocenters. The standard InChI is InChI=1S/C30H24N2O5/c1-18(33)31-23-8-5-9-24(17-23)32-27(20-12-14-25(37-2)15-13-20)26(29(35)30(32)36)28(34)22-11-10-19-6-3-4-7-21(19)16-22/h3-17,27,34H,1-2H3,(H,31,33)/b28-26-. The summed E-state index contributed by atoms with van der Waals surface area (Å²) in [6.45, 7) is 1.39. The third-order valence-electron chi connectivity index (χ3n) is 6.34. The predicted octanol–water partition coefficient (Wildman–Crippen LogP) is 5.43. The normalized spacial score (nSPS) is 16.7. The van der Waals surface area contributed by atoms with Gasteiger partial charge in [0.1, 0.15) is 11.5 Å². The van der Waals surface area contributed by atoms with Crippen molar-refractivity contribution in [1.82, 2.24) is 0 Å². The number of aliphatic hydroxyl groups excluding tert-OH is 1. The molecule has 1 saturated heterocycles. The zero-order valence-electron chi connectivity index (χ0n) is 20.3.